The number of hydrogen-bond donors (Lipinski definition) is 4. The standard InChI is InChI=1S/C18H35NO3.C6H15NO3/c1-4-5-6-7-8-9-10-11-12-13-14-15-17(20)22-18(21)16(2)19-3;8-4-1-7(2-5-9)3-6-10/h16,19H,4-15H2,1-3H3;8-10H,1-6H2. The van der Waals surface area contributed by atoms with E-state index in [2.05, 4.69) is 12.2 Å². The highest BCUT2D eigenvalue weighted by Gasteiger charge is 2.15. The molecule has 192 valence electrons. The van der Waals surface area contributed by atoms with Gasteiger partial charge in [-0.2, -0.15) is 0 Å². The Morgan fingerprint density at radius 2 is 1.19 bits per heavy atom. The molecule has 4 N–H and O–H groups in total. The fourth-order valence-corrected chi connectivity index (χ4v) is 3.06. The highest BCUT2D eigenvalue weighted by Crippen LogP contribution is 2.12. The van der Waals surface area contributed by atoms with Gasteiger partial charge in [0.25, 0.3) is 0 Å². The molecule has 0 radical (unpaired) electrons. The van der Waals surface area contributed by atoms with Crippen molar-refractivity contribution in [2.24, 2.45) is 0 Å². The fourth-order valence-electron chi connectivity index (χ4n) is 3.06. The zero-order chi connectivity index (χ0) is 24.5. The van der Waals surface area contributed by atoms with Crippen molar-refractivity contribution in [2.45, 2.75) is 96.9 Å². The molecule has 0 aromatic rings. The minimum Gasteiger partial charge on any atom is -0.395 e. The van der Waals surface area contributed by atoms with Crippen molar-refractivity contribution in [3.05, 3.63) is 0 Å². The summed E-state index contributed by atoms with van der Waals surface area (Å²) in [5.74, 6) is -0.890. The highest BCUT2D eigenvalue weighted by atomic mass is 16.6. The number of nitrogens with zero attached hydrogens (tertiary/aromatic N) is 1. The Morgan fingerprint density at radius 3 is 1.56 bits per heavy atom. The second-order valence-electron chi connectivity index (χ2n) is 8.10. The summed E-state index contributed by atoms with van der Waals surface area (Å²) in [6.07, 6.45) is 14.0. The van der Waals surface area contributed by atoms with Gasteiger partial charge in [-0.15, -0.1) is 0 Å². The third kappa shape index (κ3) is 23.6. The lowest BCUT2D eigenvalue weighted by Crippen LogP contribution is -2.33. The number of unbranched alkanes of at least 4 members (excludes halogenated alkanes) is 10. The molecule has 8 nitrogen and oxygen atoms in total. The molecule has 0 aliphatic rings. The maximum absolute atomic E-state index is 11.5. The van der Waals surface area contributed by atoms with E-state index in [1.807, 2.05) is 0 Å². The van der Waals surface area contributed by atoms with Crippen LogP contribution in [0, 0.1) is 0 Å². The van der Waals surface area contributed by atoms with E-state index in [4.69, 9.17) is 20.1 Å². The van der Waals surface area contributed by atoms with Crippen molar-refractivity contribution in [3.63, 3.8) is 0 Å². The smallest absolute Gasteiger partial charge is 0.330 e. The SMILES string of the molecule is CCCCCCCCCCCCCC(=O)OC(=O)C(C)NC.OCCN(CCO)CCO. The maximum Gasteiger partial charge on any atom is 0.330 e. The van der Waals surface area contributed by atoms with Gasteiger partial charge < -0.3 is 25.4 Å². The number of likely N-dealkylation sites (N-methyl/N-ethyl adjacent to an activating group) is 1. The van der Waals surface area contributed by atoms with E-state index in [1.54, 1.807) is 18.9 Å². The van der Waals surface area contributed by atoms with Crippen LogP contribution in [0.4, 0.5) is 0 Å². The van der Waals surface area contributed by atoms with Gasteiger partial charge in [0.1, 0.15) is 6.04 Å². The number of carbonyl (C=O) groups excluding carboxylic acids is 2. The monoisotopic (exact) mass is 462 g/mol. The topological polar surface area (TPSA) is 119 Å². The van der Waals surface area contributed by atoms with Gasteiger partial charge in [-0.25, -0.2) is 4.79 Å². The van der Waals surface area contributed by atoms with E-state index in [0.29, 0.717) is 26.1 Å². The number of ether oxygens (including phenoxy) is 1. The number of aliphatic hydroxyl groups excluding tert-OH is 3. The Morgan fingerprint density at radius 1 is 0.781 bits per heavy atom. The average Bonchev–Trinajstić information content (AvgIpc) is 2.77. The molecule has 0 spiro atoms. The van der Waals surface area contributed by atoms with Crippen LogP contribution in [0.2, 0.25) is 0 Å². The van der Waals surface area contributed by atoms with Gasteiger partial charge in [0.05, 0.1) is 19.8 Å². The molecule has 0 aliphatic heterocycles. The summed E-state index contributed by atoms with van der Waals surface area (Å²) in [4.78, 5) is 24.6. The summed E-state index contributed by atoms with van der Waals surface area (Å²) in [7, 11) is 1.67. The summed E-state index contributed by atoms with van der Waals surface area (Å²) in [5, 5.41) is 28.2. The molecule has 0 saturated carbocycles. The van der Waals surface area contributed by atoms with Crippen LogP contribution in [0.1, 0.15) is 90.9 Å². The van der Waals surface area contributed by atoms with Crippen LogP contribution < -0.4 is 5.32 Å². The molecule has 0 rings (SSSR count). The summed E-state index contributed by atoms with van der Waals surface area (Å²) < 4.78 is 4.75. The first kappa shape index (κ1) is 33.1. The Hall–Kier alpha value is -1.06. The number of esters is 2. The first-order chi connectivity index (χ1) is 15.5. The molecule has 0 aromatic carbocycles. The predicted octanol–water partition coefficient (Wildman–Crippen LogP) is 2.63. The first-order valence-electron chi connectivity index (χ1n) is 12.4. The number of aliphatic hydroxyl groups is 3. The largest absolute Gasteiger partial charge is 0.395 e. The van der Waals surface area contributed by atoms with E-state index < -0.39 is 18.0 Å². The lowest BCUT2D eigenvalue weighted by Gasteiger charge is -2.17. The Bertz CT molecular complexity index is 409. The van der Waals surface area contributed by atoms with Crippen LogP contribution in [-0.4, -0.2) is 84.7 Å². The Kier molecular flexibility index (Phi) is 27.1. The lowest BCUT2D eigenvalue weighted by molar-refractivity contribution is -0.160. The van der Waals surface area contributed by atoms with Gasteiger partial charge in [-0.05, 0) is 20.4 Å². The molecule has 0 bridgehead atoms. The maximum atomic E-state index is 11.5. The normalized spacial score (nSPS) is 11.7. The van der Waals surface area contributed by atoms with E-state index >= 15 is 0 Å². The Labute approximate surface area is 195 Å². The summed E-state index contributed by atoms with van der Waals surface area (Å²) >= 11 is 0. The van der Waals surface area contributed by atoms with E-state index in [0.717, 1.165) is 12.8 Å². The molecule has 0 saturated heterocycles. The zero-order valence-corrected chi connectivity index (χ0v) is 20.8. The third-order valence-electron chi connectivity index (χ3n) is 5.23. The van der Waals surface area contributed by atoms with Gasteiger partial charge in [-0.1, -0.05) is 71.1 Å². The van der Waals surface area contributed by atoms with Crippen LogP contribution in [0.25, 0.3) is 0 Å². The van der Waals surface area contributed by atoms with Crippen LogP contribution >= 0.6 is 0 Å². The van der Waals surface area contributed by atoms with Crippen LogP contribution in [0.3, 0.4) is 0 Å². The van der Waals surface area contributed by atoms with Gasteiger partial charge in [-0.3, -0.25) is 9.69 Å². The molecule has 0 aromatic heterocycles. The summed E-state index contributed by atoms with van der Waals surface area (Å²) in [6, 6.07) is -0.429. The fraction of sp³-hybridized carbons (Fsp3) is 0.917. The zero-order valence-electron chi connectivity index (χ0n) is 20.8. The highest BCUT2D eigenvalue weighted by molar-refractivity contribution is 5.88. The molecule has 1 unspecified atom stereocenters. The van der Waals surface area contributed by atoms with Crippen molar-refractivity contribution in [3.8, 4) is 0 Å². The van der Waals surface area contributed by atoms with Crippen molar-refractivity contribution < 1.29 is 29.6 Å². The summed E-state index contributed by atoms with van der Waals surface area (Å²) in [6.45, 7) is 5.67. The molecular weight excluding hydrogens is 412 g/mol. The number of rotatable bonds is 20. The molecule has 0 fully saturated rings. The minimum atomic E-state index is -0.490. The average molecular weight is 463 g/mol. The van der Waals surface area contributed by atoms with Gasteiger partial charge in [0.2, 0.25) is 0 Å². The molecule has 0 heterocycles. The van der Waals surface area contributed by atoms with Crippen molar-refractivity contribution in [2.75, 3.05) is 46.5 Å². The first-order valence-corrected chi connectivity index (χ1v) is 12.4. The molecule has 32 heavy (non-hydrogen) atoms. The molecule has 0 amide bonds. The van der Waals surface area contributed by atoms with E-state index in [-0.39, 0.29) is 19.8 Å². The molecule has 0 aliphatic carbocycles. The predicted molar refractivity (Wildman–Crippen MR) is 128 cm³/mol. The van der Waals surface area contributed by atoms with Crippen LogP contribution in [-0.2, 0) is 14.3 Å². The van der Waals surface area contributed by atoms with Crippen molar-refractivity contribution in [1.82, 2.24) is 10.2 Å². The van der Waals surface area contributed by atoms with Crippen LogP contribution in [0.5, 0.6) is 0 Å². The number of nitrogens with one attached hydrogen (secondary N) is 1. The molecule has 8 heteroatoms. The minimum absolute atomic E-state index is 0.0694. The van der Waals surface area contributed by atoms with Crippen molar-refractivity contribution in [1.29, 1.82) is 0 Å². The van der Waals surface area contributed by atoms with Crippen molar-refractivity contribution >= 4 is 11.9 Å². The van der Waals surface area contributed by atoms with E-state index in [1.165, 1.54) is 57.8 Å². The molecular formula is C24H50N2O6. The van der Waals surface area contributed by atoms with E-state index in [9.17, 15) is 9.59 Å². The lowest BCUT2D eigenvalue weighted by atomic mass is 10.1. The second kappa shape index (κ2) is 26.2. The number of carbonyl (C=O) groups is 2. The second-order valence-corrected chi connectivity index (χ2v) is 8.10. The van der Waals surface area contributed by atoms with Gasteiger partial charge >= 0.3 is 11.9 Å². The Balaban J connectivity index is 0. The van der Waals surface area contributed by atoms with Gasteiger partial charge in [0.15, 0.2) is 0 Å². The molecule has 1 atom stereocenters. The van der Waals surface area contributed by atoms with Crippen LogP contribution in [0.15, 0.2) is 0 Å². The third-order valence-corrected chi connectivity index (χ3v) is 5.23. The quantitative estimate of drug-likeness (QED) is 0.124. The van der Waals surface area contributed by atoms with Gasteiger partial charge in [0, 0.05) is 26.1 Å². The number of hydrogen-bond acceptors (Lipinski definition) is 8. The summed E-state index contributed by atoms with van der Waals surface area (Å²) in [5.41, 5.74) is 0.